The fourth-order valence-electron chi connectivity index (χ4n) is 3.06. The van der Waals surface area contributed by atoms with Gasteiger partial charge in [-0.1, -0.05) is 22.9 Å². The molecule has 0 saturated carbocycles. The number of rotatable bonds is 2. The molecule has 0 aromatic heterocycles. The van der Waals surface area contributed by atoms with Gasteiger partial charge in [0.05, 0.1) is 6.10 Å². The number of fused-ring (bicyclic) bond motifs is 1. The lowest BCUT2D eigenvalue weighted by atomic mass is 9.96. The Bertz CT molecular complexity index is 465. The van der Waals surface area contributed by atoms with Gasteiger partial charge in [0.15, 0.2) is 0 Å². The Morgan fingerprint density at radius 3 is 3.11 bits per heavy atom. The second kappa shape index (κ2) is 5.43. The Kier molecular flexibility index (Phi) is 3.83. The molecule has 19 heavy (non-hydrogen) atoms. The van der Waals surface area contributed by atoms with Crippen molar-refractivity contribution in [2.75, 3.05) is 19.6 Å². The molecule has 104 valence electrons. The molecule has 0 amide bonds. The normalized spacial score (nSPS) is 31.0. The summed E-state index contributed by atoms with van der Waals surface area (Å²) in [6.07, 6.45) is 2.00. The number of nitrogens with zero attached hydrogens (tertiary/aromatic N) is 1. The zero-order valence-corrected chi connectivity index (χ0v) is 12.8. The average molecular weight is 326 g/mol. The highest BCUT2D eigenvalue weighted by Gasteiger charge is 2.29. The molecule has 2 heterocycles. The molecule has 0 radical (unpaired) electrons. The number of aliphatic hydroxyl groups excluding tert-OH is 1. The van der Waals surface area contributed by atoms with Crippen molar-refractivity contribution in [3.8, 4) is 5.75 Å². The number of halogens is 1. The van der Waals surface area contributed by atoms with Crippen molar-refractivity contribution in [2.24, 2.45) is 5.92 Å². The maximum atomic E-state index is 9.77. The molecule has 1 aromatic rings. The average Bonchev–Trinajstić information content (AvgIpc) is 2.75. The van der Waals surface area contributed by atoms with E-state index in [1.54, 1.807) is 0 Å². The molecular formula is C15H20BrNO2. The Hall–Kier alpha value is -0.580. The molecule has 1 fully saturated rings. The van der Waals surface area contributed by atoms with Gasteiger partial charge in [-0.15, -0.1) is 0 Å². The van der Waals surface area contributed by atoms with E-state index in [1.807, 2.05) is 12.1 Å². The first-order valence-corrected chi connectivity index (χ1v) is 7.76. The van der Waals surface area contributed by atoms with E-state index in [1.165, 1.54) is 5.56 Å². The van der Waals surface area contributed by atoms with E-state index in [0.29, 0.717) is 5.92 Å². The summed E-state index contributed by atoms with van der Waals surface area (Å²) >= 11 is 3.50. The Balaban J connectivity index is 1.59. The standard InChI is InChI=1S/C15H20BrNO2/c1-10-8-17(5-4-14(10)18)9-13-7-11-6-12(16)2-3-15(11)19-13/h2-3,6,10,13-14,18H,4-5,7-9H2,1H3. The van der Waals surface area contributed by atoms with Crippen LogP contribution in [0.4, 0.5) is 0 Å². The van der Waals surface area contributed by atoms with Crippen molar-refractivity contribution in [1.82, 2.24) is 4.90 Å². The summed E-state index contributed by atoms with van der Waals surface area (Å²) in [7, 11) is 0. The lowest BCUT2D eigenvalue weighted by molar-refractivity contribution is 0.0218. The van der Waals surface area contributed by atoms with E-state index in [9.17, 15) is 5.11 Å². The number of hydrogen-bond acceptors (Lipinski definition) is 3. The third-order valence-corrected chi connectivity index (χ3v) is 4.66. The van der Waals surface area contributed by atoms with Crippen LogP contribution in [0.3, 0.4) is 0 Å². The van der Waals surface area contributed by atoms with Crippen LogP contribution in [0.2, 0.25) is 0 Å². The van der Waals surface area contributed by atoms with Crippen LogP contribution in [-0.4, -0.2) is 41.8 Å². The van der Waals surface area contributed by atoms with Crippen LogP contribution in [0.5, 0.6) is 5.75 Å². The molecule has 3 atom stereocenters. The highest BCUT2D eigenvalue weighted by atomic mass is 79.9. The molecule has 1 N–H and O–H groups in total. The van der Waals surface area contributed by atoms with Gasteiger partial charge in [-0.3, -0.25) is 4.90 Å². The summed E-state index contributed by atoms with van der Waals surface area (Å²) in [6, 6.07) is 6.22. The molecule has 0 bridgehead atoms. The quantitative estimate of drug-likeness (QED) is 0.906. The summed E-state index contributed by atoms with van der Waals surface area (Å²) in [6.45, 7) is 5.04. The number of aliphatic hydroxyl groups is 1. The topological polar surface area (TPSA) is 32.7 Å². The Morgan fingerprint density at radius 2 is 2.32 bits per heavy atom. The van der Waals surface area contributed by atoms with Crippen molar-refractivity contribution < 1.29 is 9.84 Å². The summed E-state index contributed by atoms with van der Waals surface area (Å²) in [5.41, 5.74) is 1.30. The Morgan fingerprint density at radius 1 is 1.47 bits per heavy atom. The van der Waals surface area contributed by atoms with Crippen molar-refractivity contribution >= 4 is 15.9 Å². The zero-order chi connectivity index (χ0) is 13.4. The second-order valence-electron chi connectivity index (χ2n) is 5.79. The Labute approximate surface area is 122 Å². The molecule has 4 heteroatoms. The molecule has 3 rings (SSSR count). The molecule has 0 aliphatic carbocycles. The monoisotopic (exact) mass is 325 g/mol. The van der Waals surface area contributed by atoms with E-state index < -0.39 is 0 Å². The third kappa shape index (κ3) is 2.96. The smallest absolute Gasteiger partial charge is 0.123 e. The van der Waals surface area contributed by atoms with E-state index in [0.717, 1.165) is 42.7 Å². The lowest BCUT2D eigenvalue weighted by Crippen LogP contribution is -2.45. The van der Waals surface area contributed by atoms with E-state index in [2.05, 4.69) is 33.8 Å². The van der Waals surface area contributed by atoms with E-state index >= 15 is 0 Å². The number of ether oxygens (including phenoxy) is 1. The maximum absolute atomic E-state index is 9.77. The van der Waals surface area contributed by atoms with Gasteiger partial charge in [0, 0.05) is 30.5 Å². The van der Waals surface area contributed by atoms with Gasteiger partial charge in [-0.2, -0.15) is 0 Å². The second-order valence-corrected chi connectivity index (χ2v) is 6.70. The summed E-state index contributed by atoms with van der Waals surface area (Å²) in [5.74, 6) is 1.39. The summed E-state index contributed by atoms with van der Waals surface area (Å²) in [5, 5.41) is 9.77. The zero-order valence-electron chi connectivity index (χ0n) is 11.2. The van der Waals surface area contributed by atoms with Gasteiger partial charge in [0.1, 0.15) is 11.9 Å². The van der Waals surface area contributed by atoms with Crippen LogP contribution in [-0.2, 0) is 6.42 Å². The van der Waals surface area contributed by atoms with Crippen molar-refractivity contribution in [3.63, 3.8) is 0 Å². The summed E-state index contributed by atoms with van der Waals surface area (Å²) < 4.78 is 7.12. The highest BCUT2D eigenvalue weighted by molar-refractivity contribution is 9.10. The van der Waals surface area contributed by atoms with Gasteiger partial charge < -0.3 is 9.84 Å². The largest absolute Gasteiger partial charge is 0.488 e. The lowest BCUT2D eigenvalue weighted by Gasteiger charge is -2.35. The van der Waals surface area contributed by atoms with Crippen LogP contribution in [0, 0.1) is 5.92 Å². The van der Waals surface area contributed by atoms with E-state index in [-0.39, 0.29) is 12.2 Å². The molecule has 3 nitrogen and oxygen atoms in total. The fraction of sp³-hybridized carbons (Fsp3) is 0.600. The molecule has 2 aliphatic rings. The number of benzene rings is 1. The molecule has 0 spiro atoms. The summed E-state index contributed by atoms with van der Waals surface area (Å²) in [4.78, 5) is 2.42. The maximum Gasteiger partial charge on any atom is 0.123 e. The fourth-order valence-corrected chi connectivity index (χ4v) is 3.47. The highest BCUT2D eigenvalue weighted by Crippen LogP contribution is 2.32. The number of hydrogen-bond donors (Lipinski definition) is 1. The minimum Gasteiger partial charge on any atom is -0.488 e. The van der Waals surface area contributed by atoms with Crippen LogP contribution in [0.15, 0.2) is 22.7 Å². The minimum absolute atomic E-state index is 0.131. The van der Waals surface area contributed by atoms with Gasteiger partial charge >= 0.3 is 0 Å². The minimum atomic E-state index is -0.131. The van der Waals surface area contributed by atoms with Gasteiger partial charge in [0.25, 0.3) is 0 Å². The predicted octanol–water partition coefficient (Wildman–Crippen LogP) is 2.46. The van der Waals surface area contributed by atoms with Crippen molar-refractivity contribution in [3.05, 3.63) is 28.2 Å². The first-order chi connectivity index (χ1) is 9.11. The third-order valence-electron chi connectivity index (χ3n) is 4.17. The number of likely N-dealkylation sites (tertiary alicyclic amines) is 1. The van der Waals surface area contributed by atoms with Crippen LogP contribution in [0.1, 0.15) is 18.9 Å². The van der Waals surface area contributed by atoms with Gasteiger partial charge in [-0.25, -0.2) is 0 Å². The molecule has 1 aromatic carbocycles. The van der Waals surface area contributed by atoms with Crippen molar-refractivity contribution in [1.29, 1.82) is 0 Å². The van der Waals surface area contributed by atoms with Gasteiger partial charge in [-0.05, 0) is 36.1 Å². The molecular weight excluding hydrogens is 306 g/mol. The van der Waals surface area contributed by atoms with Crippen LogP contribution >= 0.6 is 15.9 Å². The first kappa shape index (κ1) is 13.4. The van der Waals surface area contributed by atoms with Crippen LogP contribution < -0.4 is 4.74 Å². The molecule has 1 saturated heterocycles. The predicted molar refractivity (Wildman–Crippen MR) is 78.5 cm³/mol. The van der Waals surface area contributed by atoms with Crippen molar-refractivity contribution in [2.45, 2.75) is 32.0 Å². The molecule has 2 aliphatic heterocycles. The van der Waals surface area contributed by atoms with Crippen LogP contribution in [0.25, 0.3) is 0 Å². The number of piperidine rings is 1. The molecule has 3 unspecified atom stereocenters. The SMILES string of the molecule is CC1CN(CC2Cc3cc(Br)ccc3O2)CCC1O. The first-order valence-electron chi connectivity index (χ1n) is 6.97. The van der Waals surface area contributed by atoms with E-state index in [4.69, 9.17) is 4.74 Å². The van der Waals surface area contributed by atoms with Gasteiger partial charge in [0.2, 0.25) is 0 Å².